The first-order valence-corrected chi connectivity index (χ1v) is 6.11. The van der Waals surface area contributed by atoms with Gasteiger partial charge in [0, 0.05) is 15.1 Å². The summed E-state index contributed by atoms with van der Waals surface area (Å²) in [5.74, 6) is 1.15. The lowest BCUT2D eigenvalue weighted by Gasteiger charge is -2.07. The van der Waals surface area contributed by atoms with E-state index >= 15 is 0 Å². The van der Waals surface area contributed by atoms with Gasteiger partial charge in [-0.05, 0) is 52.7 Å². The molecule has 0 spiro atoms. The fourth-order valence-corrected chi connectivity index (χ4v) is 2.58. The van der Waals surface area contributed by atoms with Gasteiger partial charge in [-0.3, -0.25) is 0 Å². The fourth-order valence-electron chi connectivity index (χ4n) is 0.993. The Morgan fingerprint density at radius 2 is 2.15 bits per heavy atom. The molecule has 0 aromatic heterocycles. The van der Waals surface area contributed by atoms with Gasteiger partial charge in [0.1, 0.15) is 0 Å². The molecule has 0 atom stereocenters. The van der Waals surface area contributed by atoms with Crippen LogP contribution in [0.2, 0.25) is 0 Å². The molecule has 0 aliphatic heterocycles. The van der Waals surface area contributed by atoms with Crippen LogP contribution in [-0.2, 0) is 0 Å². The van der Waals surface area contributed by atoms with Crippen molar-refractivity contribution in [3.8, 4) is 0 Å². The molecule has 0 aliphatic carbocycles. The molecular formula is C10H14BrNS. The van der Waals surface area contributed by atoms with Crippen LogP contribution in [0.1, 0.15) is 18.9 Å². The van der Waals surface area contributed by atoms with Crippen molar-refractivity contribution in [2.75, 3.05) is 11.5 Å². The van der Waals surface area contributed by atoms with Crippen LogP contribution in [-0.4, -0.2) is 5.75 Å². The van der Waals surface area contributed by atoms with E-state index in [1.54, 1.807) is 0 Å². The summed E-state index contributed by atoms with van der Waals surface area (Å²) in [4.78, 5) is 1.29. The molecule has 3 heteroatoms. The Morgan fingerprint density at radius 1 is 1.46 bits per heavy atom. The van der Waals surface area contributed by atoms with Crippen LogP contribution in [0.4, 0.5) is 5.69 Å². The van der Waals surface area contributed by atoms with Crippen molar-refractivity contribution in [2.24, 2.45) is 0 Å². The summed E-state index contributed by atoms with van der Waals surface area (Å²) in [6.45, 7) is 4.23. The molecule has 0 amide bonds. The van der Waals surface area contributed by atoms with Gasteiger partial charge in [0.05, 0.1) is 0 Å². The van der Waals surface area contributed by atoms with Crippen LogP contribution in [0.5, 0.6) is 0 Å². The number of nitrogen functional groups attached to an aromatic ring is 1. The van der Waals surface area contributed by atoms with Crippen LogP contribution in [0.15, 0.2) is 21.5 Å². The Bertz CT molecular complexity index is 299. The maximum absolute atomic E-state index is 5.78. The first kappa shape index (κ1) is 10.9. The molecule has 1 rings (SSSR count). The number of hydrogen-bond donors (Lipinski definition) is 1. The van der Waals surface area contributed by atoms with E-state index in [1.165, 1.54) is 11.3 Å². The second kappa shape index (κ2) is 4.91. The van der Waals surface area contributed by atoms with E-state index in [0.717, 1.165) is 21.5 Å². The largest absolute Gasteiger partial charge is 0.398 e. The third-order valence-corrected chi connectivity index (χ3v) is 3.96. The van der Waals surface area contributed by atoms with Gasteiger partial charge in [0.15, 0.2) is 0 Å². The quantitative estimate of drug-likeness (QED) is 0.660. The van der Waals surface area contributed by atoms with E-state index in [0.29, 0.717) is 0 Å². The molecule has 0 aliphatic rings. The zero-order valence-electron chi connectivity index (χ0n) is 7.93. The van der Waals surface area contributed by atoms with Crippen molar-refractivity contribution >= 4 is 33.4 Å². The molecule has 13 heavy (non-hydrogen) atoms. The van der Waals surface area contributed by atoms with E-state index in [-0.39, 0.29) is 0 Å². The zero-order valence-corrected chi connectivity index (χ0v) is 10.3. The number of benzene rings is 1. The van der Waals surface area contributed by atoms with Crippen LogP contribution < -0.4 is 5.73 Å². The maximum atomic E-state index is 5.78. The molecule has 2 N–H and O–H groups in total. The topological polar surface area (TPSA) is 26.0 Å². The van der Waals surface area contributed by atoms with Crippen LogP contribution in [0, 0.1) is 6.92 Å². The van der Waals surface area contributed by atoms with Crippen molar-refractivity contribution in [2.45, 2.75) is 25.2 Å². The smallest absolute Gasteiger partial charge is 0.0355 e. The van der Waals surface area contributed by atoms with Gasteiger partial charge < -0.3 is 5.73 Å². The highest BCUT2D eigenvalue weighted by Gasteiger charge is 2.03. The average molecular weight is 260 g/mol. The van der Waals surface area contributed by atoms with Gasteiger partial charge >= 0.3 is 0 Å². The average Bonchev–Trinajstić information content (AvgIpc) is 2.09. The van der Waals surface area contributed by atoms with Gasteiger partial charge in [-0.2, -0.15) is 0 Å². The number of anilines is 1. The number of halogens is 1. The Balaban J connectivity index is 2.88. The summed E-state index contributed by atoms with van der Waals surface area (Å²) in [6, 6.07) is 4.12. The molecule has 72 valence electrons. The lowest BCUT2D eigenvalue weighted by atomic mass is 10.2. The summed E-state index contributed by atoms with van der Waals surface area (Å²) in [7, 11) is 0. The molecule has 1 aromatic carbocycles. The summed E-state index contributed by atoms with van der Waals surface area (Å²) in [5, 5.41) is 0. The second-order valence-electron chi connectivity index (χ2n) is 2.99. The molecule has 1 aromatic rings. The van der Waals surface area contributed by atoms with Gasteiger partial charge in [0.25, 0.3) is 0 Å². The Labute approximate surface area is 92.2 Å². The highest BCUT2D eigenvalue weighted by atomic mass is 79.9. The maximum Gasteiger partial charge on any atom is 0.0355 e. The summed E-state index contributed by atoms with van der Waals surface area (Å²) < 4.78 is 1.11. The lowest BCUT2D eigenvalue weighted by Crippen LogP contribution is -1.90. The molecule has 0 radical (unpaired) electrons. The molecule has 0 saturated heterocycles. The van der Waals surface area contributed by atoms with E-state index in [1.807, 2.05) is 24.8 Å². The predicted octanol–water partition coefficient (Wildman–Crippen LogP) is 3.84. The highest BCUT2D eigenvalue weighted by Crippen LogP contribution is 2.31. The standard InChI is InChI=1S/C10H14BrNS/c1-3-4-13-10-5-7(2)9(12)6-8(10)11/h5-6H,3-4,12H2,1-2H3. The molecule has 1 nitrogen and oxygen atoms in total. The first-order valence-electron chi connectivity index (χ1n) is 4.33. The SMILES string of the molecule is CCCSc1cc(C)c(N)cc1Br. The van der Waals surface area contributed by atoms with Crippen LogP contribution in [0.3, 0.4) is 0 Å². The van der Waals surface area contributed by atoms with Gasteiger partial charge in [0.2, 0.25) is 0 Å². The zero-order chi connectivity index (χ0) is 9.84. The monoisotopic (exact) mass is 259 g/mol. The normalized spacial score (nSPS) is 10.4. The Kier molecular flexibility index (Phi) is 4.13. The fraction of sp³-hybridized carbons (Fsp3) is 0.400. The third kappa shape index (κ3) is 2.92. The molecule has 0 heterocycles. The number of rotatable bonds is 3. The summed E-state index contributed by atoms with van der Waals surface area (Å²) >= 11 is 5.38. The van der Waals surface area contributed by atoms with Crippen molar-refractivity contribution in [1.29, 1.82) is 0 Å². The Morgan fingerprint density at radius 3 is 2.77 bits per heavy atom. The van der Waals surface area contributed by atoms with Crippen molar-refractivity contribution < 1.29 is 0 Å². The molecule has 0 unspecified atom stereocenters. The number of aryl methyl sites for hydroxylation is 1. The summed E-state index contributed by atoms with van der Waals surface area (Å²) in [5.41, 5.74) is 7.79. The molecule has 0 bridgehead atoms. The first-order chi connectivity index (χ1) is 6.15. The van der Waals surface area contributed by atoms with Gasteiger partial charge in [-0.25, -0.2) is 0 Å². The van der Waals surface area contributed by atoms with Crippen molar-refractivity contribution in [1.82, 2.24) is 0 Å². The van der Waals surface area contributed by atoms with E-state index < -0.39 is 0 Å². The number of nitrogens with two attached hydrogens (primary N) is 1. The minimum atomic E-state index is 0.854. The molecule has 0 saturated carbocycles. The number of thioether (sulfide) groups is 1. The third-order valence-electron chi connectivity index (χ3n) is 1.78. The van der Waals surface area contributed by atoms with E-state index in [9.17, 15) is 0 Å². The minimum absolute atomic E-state index is 0.854. The highest BCUT2D eigenvalue weighted by molar-refractivity contribution is 9.10. The lowest BCUT2D eigenvalue weighted by molar-refractivity contribution is 1.10. The molecular weight excluding hydrogens is 246 g/mol. The Hall–Kier alpha value is -0.150. The predicted molar refractivity (Wildman–Crippen MR) is 64.3 cm³/mol. The van der Waals surface area contributed by atoms with Gasteiger partial charge in [-0.1, -0.05) is 6.92 Å². The minimum Gasteiger partial charge on any atom is -0.398 e. The van der Waals surface area contributed by atoms with Crippen LogP contribution in [0.25, 0.3) is 0 Å². The van der Waals surface area contributed by atoms with E-state index in [4.69, 9.17) is 5.73 Å². The summed E-state index contributed by atoms with van der Waals surface area (Å²) in [6.07, 6.45) is 1.19. The second-order valence-corrected chi connectivity index (χ2v) is 4.98. The van der Waals surface area contributed by atoms with Crippen molar-refractivity contribution in [3.05, 3.63) is 22.2 Å². The molecule has 0 fully saturated rings. The van der Waals surface area contributed by atoms with Crippen molar-refractivity contribution in [3.63, 3.8) is 0 Å². The number of hydrogen-bond acceptors (Lipinski definition) is 2. The van der Waals surface area contributed by atoms with E-state index in [2.05, 4.69) is 28.9 Å². The van der Waals surface area contributed by atoms with Crippen LogP contribution >= 0.6 is 27.7 Å². The van der Waals surface area contributed by atoms with Gasteiger partial charge in [-0.15, -0.1) is 11.8 Å².